The Morgan fingerprint density at radius 3 is 2.58 bits per heavy atom. The minimum absolute atomic E-state index is 0.422. The first-order valence-corrected chi connectivity index (χ1v) is 12.0. The summed E-state index contributed by atoms with van der Waals surface area (Å²) in [6.07, 6.45) is 2.92. The van der Waals surface area contributed by atoms with Crippen molar-refractivity contribution in [3.63, 3.8) is 0 Å². The number of rotatable bonds is 7. The average Bonchev–Trinajstić information content (AvgIpc) is 3.42. The topological polar surface area (TPSA) is 76.6 Å². The molecule has 0 fully saturated rings. The van der Waals surface area contributed by atoms with Crippen LogP contribution in [-0.4, -0.2) is 31.9 Å². The van der Waals surface area contributed by atoms with Gasteiger partial charge in [0.25, 0.3) is 0 Å². The quantitative estimate of drug-likeness (QED) is 0.307. The van der Waals surface area contributed by atoms with Gasteiger partial charge in [-0.1, -0.05) is 49.4 Å². The van der Waals surface area contributed by atoms with Crippen LogP contribution in [0.15, 0.2) is 77.7 Å². The zero-order valence-electron chi connectivity index (χ0n) is 18.4. The summed E-state index contributed by atoms with van der Waals surface area (Å²) in [7, 11) is 0. The summed E-state index contributed by atoms with van der Waals surface area (Å²) in [6, 6.07) is 24.8. The van der Waals surface area contributed by atoms with E-state index in [0.29, 0.717) is 12.4 Å². The Morgan fingerprint density at radius 2 is 1.82 bits per heavy atom. The van der Waals surface area contributed by atoms with E-state index in [1.165, 1.54) is 4.90 Å². The van der Waals surface area contributed by atoms with E-state index in [1.54, 1.807) is 11.8 Å². The van der Waals surface area contributed by atoms with Crippen molar-refractivity contribution in [1.82, 2.24) is 25.6 Å². The molecule has 33 heavy (non-hydrogen) atoms. The van der Waals surface area contributed by atoms with Crippen LogP contribution in [0.25, 0.3) is 33.4 Å². The van der Waals surface area contributed by atoms with Gasteiger partial charge in [-0.15, -0.1) is 22.0 Å². The molecule has 6 nitrogen and oxygen atoms in total. The molecule has 5 rings (SSSR count). The summed E-state index contributed by atoms with van der Waals surface area (Å²) in [5.41, 5.74) is 6.05. The number of nitrogens with one attached hydrogen (secondary N) is 1. The summed E-state index contributed by atoms with van der Waals surface area (Å²) in [5.74, 6) is 1.41. The number of benzene rings is 3. The molecule has 0 saturated heterocycles. The number of hydrogen-bond acceptors (Lipinski definition) is 6. The standard InChI is InChI=1S/C26H23N5OS/c1-3-19-14-25(23-15-20(33-2)10-12-24(23)27-19)32-16-17-9-11-21(18-7-5-4-6-8-18)22(13-17)26-28-30-31-29-26/h4-15H,3,16H2,1-2H3,(H,28,29,30,31). The highest BCUT2D eigenvalue weighted by Crippen LogP contribution is 2.33. The number of H-pyrrole nitrogens is 1. The fourth-order valence-corrected chi connectivity index (χ4v) is 4.27. The zero-order valence-corrected chi connectivity index (χ0v) is 19.3. The number of ether oxygens (including phenoxy) is 1. The summed E-state index contributed by atoms with van der Waals surface area (Å²) in [5, 5.41) is 15.8. The Morgan fingerprint density at radius 1 is 0.939 bits per heavy atom. The van der Waals surface area contributed by atoms with Crippen molar-refractivity contribution in [3.05, 3.63) is 84.1 Å². The molecule has 7 heteroatoms. The van der Waals surface area contributed by atoms with Crippen LogP contribution in [-0.2, 0) is 13.0 Å². The number of tetrazole rings is 1. The molecular weight excluding hydrogens is 430 g/mol. The minimum Gasteiger partial charge on any atom is -0.488 e. The largest absolute Gasteiger partial charge is 0.488 e. The monoisotopic (exact) mass is 453 g/mol. The predicted molar refractivity (Wildman–Crippen MR) is 132 cm³/mol. The lowest BCUT2D eigenvalue weighted by Gasteiger charge is -2.14. The molecule has 0 aliphatic carbocycles. The van der Waals surface area contributed by atoms with Crippen LogP contribution >= 0.6 is 11.8 Å². The van der Waals surface area contributed by atoms with Crippen molar-refractivity contribution in [1.29, 1.82) is 0 Å². The second-order valence-electron chi connectivity index (χ2n) is 7.62. The molecule has 2 heterocycles. The Hall–Kier alpha value is -3.71. The molecule has 0 unspecified atom stereocenters. The molecule has 0 aliphatic heterocycles. The van der Waals surface area contributed by atoms with E-state index in [1.807, 2.05) is 24.3 Å². The third-order valence-corrected chi connectivity index (χ3v) is 6.27. The number of nitrogens with zero attached hydrogens (tertiary/aromatic N) is 4. The number of thioether (sulfide) groups is 1. The van der Waals surface area contributed by atoms with Gasteiger partial charge in [0, 0.05) is 27.6 Å². The Kier molecular flexibility index (Phi) is 6.04. The van der Waals surface area contributed by atoms with Crippen LogP contribution < -0.4 is 4.74 Å². The predicted octanol–water partition coefficient (Wildman–Crippen LogP) is 5.95. The van der Waals surface area contributed by atoms with E-state index in [0.717, 1.165) is 51.0 Å². The van der Waals surface area contributed by atoms with Crippen molar-refractivity contribution in [3.8, 4) is 28.3 Å². The third-order valence-electron chi connectivity index (χ3n) is 5.54. The van der Waals surface area contributed by atoms with Gasteiger partial charge in [-0.05, 0) is 58.8 Å². The first kappa shape index (κ1) is 21.2. The number of aromatic nitrogens is 5. The van der Waals surface area contributed by atoms with Gasteiger partial charge in [0.1, 0.15) is 12.4 Å². The smallest absolute Gasteiger partial charge is 0.205 e. The molecule has 3 aromatic carbocycles. The molecule has 5 aromatic rings. The highest BCUT2D eigenvalue weighted by Gasteiger charge is 2.14. The highest BCUT2D eigenvalue weighted by atomic mass is 32.2. The molecule has 2 aromatic heterocycles. The molecular formula is C26H23N5OS. The summed E-state index contributed by atoms with van der Waals surface area (Å²) in [6.45, 7) is 2.53. The number of fused-ring (bicyclic) bond motifs is 1. The number of hydrogen-bond donors (Lipinski definition) is 1. The van der Waals surface area contributed by atoms with Gasteiger partial charge >= 0.3 is 0 Å². The van der Waals surface area contributed by atoms with Crippen molar-refractivity contribution < 1.29 is 4.74 Å². The van der Waals surface area contributed by atoms with Crippen LogP contribution in [0.1, 0.15) is 18.2 Å². The Bertz CT molecular complexity index is 1390. The van der Waals surface area contributed by atoms with Crippen molar-refractivity contribution >= 4 is 22.7 Å². The van der Waals surface area contributed by atoms with Gasteiger partial charge in [0.05, 0.1) is 5.52 Å². The molecule has 0 atom stereocenters. The van der Waals surface area contributed by atoms with E-state index in [2.05, 4.69) is 82.3 Å². The summed E-state index contributed by atoms with van der Waals surface area (Å²) < 4.78 is 6.35. The fraction of sp³-hybridized carbons (Fsp3) is 0.154. The lowest BCUT2D eigenvalue weighted by Crippen LogP contribution is -2.00. The molecule has 1 N–H and O–H groups in total. The van der Waals surface area contributed by atoms with Gasteiger partial charge in [-0.2, -0.15) is 5.21 Å². The van der Waals surface area contributed by atoms with Gasteiger partial charge < -0.3 is 4.74 Å². The molecule has 0 radical (unpaired) electrons. The maximum absolute atomic E-state index is 6.35. The Labute approximate surface area is 196 Å². The molecule has 0 saturated carbocycles. The number of aromatic amines is 1. The highest BCUT2D eigenvalue weighted by molar-refractivity contribution is 7.98. The van der Waals surface area contributed by atoms with E-state index in [-0.39, 0.29) is 0 Å². The first-order chi connectivity index (χ1) is 16.2. The van der Waals surface area contributed by atoms with E-state index >= 15 is 0 Å². The van der Waals surface area contributed by atoms with Crippen molar-refractivity contribution in [2.45, 2.75) is 24.8 Å². The minimum atomic E-state index is 0.422. The molecule has 164 valence electrons. The average molecular weight is 454 g/mol. The molecule has 0 amide bonds. The van der Waals surface area contributed by atoms with Crippen LogP contribution in [0.4, 0.5) is 0 Å². The van der Waals surface area contributed by atoms with Gasteiger partial charge in [-0.3, -0.25) is 4.98 Å². The number of aryl methyl sites for hydroxylation is 1. The molecule has 0 bridgehead atoms. The fourth-order valence-electron chi connectivity index (χ4n) is 3.83. The van der Waals surface area contributed by atoms with E-state index < -0.39 is 0 Å². The van der Waals surface area contributed by atoms with Crippen molar-refractivity contribution in [2.75, 3.05) is 6.26 Å². The normalized spacial score (nSPS) is 11.1. The van der Waals surface area contributed by atoms with Crippen molar-refractivity contribution in [2.24, 2.45) is 0 Å². The van der Waals surface area contributed by atoms with Crippen LogP contribution in [0, 0.1) is 0 Å². The second kappa shape index (κ2) is 9.42. The summed E-state index contributed by atoms with van der Waals surface area (Å²) >= 11 is 1.71. The molecule has 0 aliphatic rings. The maximum Gasteiger partial charge on any atom is 0.205 e. The maximum atomic E-state index is 6.35. The SMILES string of the molecule is CCc1cc(OCc2ccc(-c3ccccc3)c(-c3nn[nH]n3)c2)c2cc(SC)ccc2n1. The Balaban J connectivity index is 1.50. The zero-order chi connectivity index (χ0) is 22.6. The van der Waals surface area contributed by atoms with Gasteiger partial charge in [-0.25, -0.2) is 0 Å². The summed E-state index contributed by atoms with van der Waals surface area (Å²) in [4.78, 5) is 5.95. The van der Waals surface area contributed by atoms with Gasteiger partial charge in [0.15, 0.2) is 0 Å². The van der Waals surface area contributed by atoms with Gasteiger partial charge in [0.2, 0.25) is 5.82 Å². The van der Waals surface area contributed by atoms with Crippen LogP contribution in [0.2, 0.25) is 0 Å². The number of pyridine rings is 1. The third kappa shape index (κ3) is 4.45. The van der Waals surface area contributed by atoms with E-state index in [9.17, 15) is 0 Å². The van der Waals surface area contributed by atoms with E-state index in [4.69, 9.17) is 9.72 Å². The second-order valence-corrected chi connectivity index (χ2v) is 8.50. The van der Waals surface area contributed by atoms with Crippen LogP contribution in [0.5, 0.6) is 5.75 Å². The lowest BCUT2D eigenvalue weighted by molar-refractivity contribution is 0.309. The van der Waals surface area contributed by atoms with Crippen LogP contribution in [0.3, 0.4) is 0 Å². The molecule has 0 spiro atoms. The lowest BCUT2D eigenvalue weighted by atomic mass is 9.97. The first-order valence-electron chi connectivity index (χ1n) is 10.8.